The minimum absolute atomic E-state index is 0.101. The molecule has 0 aliphatic carbocycles. The molecule has 0 spiro atoms. The Labute approximate surface area is 216 Å². The molecule has 0 aliphatic rings. The van der Waals surface area contributed by atoms with E-state index in [0.29, 0.717) is 27.9 Å². The van der Waals surface area contributed by atoms with E-state index >= 15 is 0 Å². The number of amides is 1. The molecule has 0 radical (unpaired) electrons. The Hall–Kier alpha value is -5.25. The molecular formula is C28H22FN5O4. The number of carboxylic acids is 1. The fourth-order valence-corrected chi connectivity index (χ4v) is 4.22. The first-order valence-corrected chi connectivity index (χ1v) is 11.5. The van der Waals surface area contributed by atoms with Crippen LogP contribution in [0.3, 0.4) is 0 Å². The van der Waals surface area contributed by atoms with Gasteiger partial charge < -0.3 is 20.9 Å². The third kappa shape index (κ3) is 4.62. The number of aromatic nitrogens is 3. The second-order valence-corrected chi connectivity index (χ2v) is 8.46. The number of nitrogen functional groups attached to an aromatic ring is 1. The number of carbonyl (C=O) groups excluding carboxylic acids is 1. The van der Waals surface area contributed by atoms with E-state index in [1.54, 1.807) is 24.3 Å². The number of hydrogen-bond acceptors (Lipinski definition) is 6. The summed E-state index contributed by atoms with van der Waals surface area (Å²) in [6, 6.07) is 19.4. The van der Waals surface area contributed by atoms with Crippen LogP contribution in [-0.4, -0.2) is 39.3 Å². The minimum Gasteiger partial charge on any atom is -0.496 e. The van der Waals surface area contributed by atoms with Gasteiger partial charge in [-0.2, -0.15) is 5.10 Å². The number of pyridine rings is 1. The van der Waals surface area contributed by atoms with Gasteiger partial charge in [-0.1, -0.05) is 42.5 Å². The van der Waals surface area contributed by atoms with E-state index in [9.17, 15) is 19.1 Å². The molecule has 2 aromatic heterocycles. The molecular weight excluding hydrogens is 489 g/mol. The molecule has 38 heavy (non-hydrogen) atoms. The van der Waals surface area contributed by atoms with Crippen molar-refractivity contribution in [2.75, 3.05) is 12.8 Å². The summed E-state index contributed by atoms with van der Waals surface area (Å²) < 4.78 is 18.8. The lowest BCUT2D eigenvalue weighted by atomic mass is 10.0. The molecule has 9 nitrogen and oxygen atoms in total. The Morgan fingerprint density at radius 3 is 2.55 bits per heavy atom. The first kappa shape index (κ1) is 24.4. The standard InChI is InChI=1S/C28H22FN5O4/c1-38-23-11-10-17(29)12-20(23)27(35)31-14-15-6-8-16(9-7-15)25-24-22(33-34-26(24)30)13-21(32-25)18-4-2-3-5-19(18)28(36)37/h2-13H,14H2,1H3,(H,31,35)(H,36,37)(H3,30,33,34). The zero-order valence-corrected chi connectivity index (χ0v) is 20.2. The molecule has 0 fully saturated rings. The van der Waals surface area contributed by atoms with Crippen LogP contribution in [0.4, 0.5) is 10.2 Å². The van der Waals surface area contributed by atoms with Gasteiger partial charge in [-0.25, -0.2) is 14.2 Å². The van der Waals surface area contributed by atoms with Crippen LogP contribution in [0.15, 0.2) is 72.8 Å². The predicted octanol–water partition coefficient (Wildman–Crippen LogP) is 4.65. The van der Waals surface area contributed by atoms with Crippen molar-refractivity contribution in [2.45, 2.75) is 6.54 Å². The van der Waals surface area contributed by atoms with Gasteiger partial charge >= 0.3 is 5.97 Å². The van der Waals surface area contributed by atoms with E-state index in [1.165, 1.54) is 25.3 Å². The van der Waals surface area contributed by atoms with Crippen LogP contribution in [0.1, 0.15) is 26.3 Å². The molecule has 5 N–H and O–H groups in total. The number of fused-ring (bicyclic) bond motifs is 1. The highest BCUT2D eigenvalue weighted by Gasteiger charge is 2.18. The summed E-state index contributed by atoms with van der Waals surface area (Å²) in [6.07, 6.45) is 0. The van der Waals surface area contributed by atoms with Crippen molar-refractivity contribution < 1.29 is 23.8 Å². The van der Waals surface area contributed by atoms with E-state index < -0.39 is 17.7 Å². The summed E-state index contributed by atoms with van der Waals surface area (Å²) in [5.74, 6) is -1.52. The van der Waals surface area contributed by atoms with Crippen molar-refractivity contribution in [1.29, 1.82) is 0 Å². The zero-order valence-electron chi connectivity index (χ0n) is 20.2. The number of nitrogens with one attached hydrogen (secondary N) is 2. The van der Waals surface area contributed by atoms with Gasteiger partial charge in [0.25, 0.3) is 5.91 Å². The SMILES string of the molecule is COc1ccc(F)cc1C(=O)NCc1ccc(-c2nc(-c3ccccc3C(=O)O)cc3[nH]nc(N)c23)cc1. The maximum atomic E-state index is 13.6. The number of aromatic amines is 1. The van der Waals surface area contributed by atoms with E-state index in [0.717, 1.165) is 17.2 Å². The highest BCUT2D eigenvalue weighted by atomic mass is 19.1. The molecule has 10 heteroatoms. The molecule has 5 rings (SSSR count). The smallest absolute Gasteiger partial charge is 0.336 e. The molecule has 0 saturated heterocycles. The molecule has 2 heterocycles. The number of methoxy groups -OCH3 is 1. The number of anilines is 1. The fourth-order valence-electron chi connectivity index (χ4n) is 4.22. The van der Waals surface area contributed by atoms with Crippen LogP contribution < -0.4 is 15.8 Å². The summed E-state index contributed by atoms with van der Waals surface area (Å²) in [5, 5.41) is 20.0. The Morgan fingerprint density at radius 2 is 1.82 bits per heavy atom. The van der Waals surface area contributed by atoms with Crippen LogP contribution >= 0.6 is 0 Å². The summed E-state index contributed by atoms with van der Waals surface area (Å²) in [7, 11) is 1.41. The van der Waals surface area contributed by atoms with Gasteiger partial charge in [0.2, 0.25) is 0 Å². The van der Waals surface area contributed by atoms with E-state index in [4.69, 9.17) is 15.5 Å². The third-order valence-electron chi connectivity index (χ3n) is 6.09. The molecule has 0 atom stereocenters. The molecule has 0 aliphatic heterocycles. The quantitative estimate of drug-likeness (QED) is 0.249. The monoisotopic (exact) mass is 511 g/mol. The van der Waals surface area contributed by atoms with Crippen LogP contribution in [0.2, 0.25) is 0 Å². The molecule has 3 aromatic carbocycles. The summed E-state index contributed by atoms with van der Waals surface area (Å²) in [6.45, 7) is 0.196. The lowest BCUT2D eigenvalue weighted by Crippen LogP contribution is -2.23. The number of benzene rings is 3. The Morgan fingerprint density at radius 1 is 1.05 bits per heavy atom. The van der Waals surface area contributed by atoms with Gasteiger partial charge in [0.1, 0.15) is 11.6 Å². The summed E-state index contributed by atoms with van der Waals surface area (Å²) in [4.78, 5) is 29.2. The average molecular weight is 512 g/mol. The second-order valence-electron chi connectivity index (χ2n) is 8.46. The van der Waals surface area contributed by atoms with Gasteiger partial charge in [0.15, 0.2) is 5.82 Å². The Kier molecular flexibility index (Phi) is 6.44. The van der Waals surface area contributed by atoms with Crippen molar-refractivity contribution in [2.24, 2.45) is 0 Å². The Bertz CT molecular complexity index is 1680. The van der Waals surface area contributed by atoms with E-state index in [-0.39, 0.29) is 29.2 Å². The highest BCUT2D eigenvalue weighted by molar-refractivity contribution is 6.03. The molecule has 0 unspecified atom stereocenters. The number of ether oxygens (including phenoxy) is 1. The van der Waals surface area contributed by atoms with E-state index in [2.05, 4.69) is 15.5 Å². The first-order chi connectivity index (χ1) is 18.4. The molecule has 190 valence electrons. The van der Waals surface area contributed by atoms with Crippen LogP contribution in [0.5, 0.6) is 5.75 Å². The number of rotatable bonds is 7. The number of hydrogen-bond donors (Lipinski definition) is 4. The lowest BCUT2D eigenvalue weighted by molar-refractivity contribution is 0.0697. The second kappa shape index (κ2) is 10.0. The van der Waals surface area contributed by atoms with E-state index in [1.807, 2.05) is 24.3 Å². The van der Waals surface area contributed by atoms with Crippen molar-refractivity contribution in [3.05, 3.63) is 95.3 Å². The van der Waals surface area contributed by atoms with Crippen molar-refractivity contribution in [3.8, 4) is 28.3 Å². The number of carboxylic acid groups (broad SMARTS) is 1. The average Bonchev–Trinajstić information content (AvgIpc) is 3.32. The van der Waals surface area contributed by atoms with Crippen molar-refractivity contribution in [1.82, 2.24) is 20.5 Å². The summed E-state index contributed by atoms with van der Waals surface area (Å²) >= 11 is 0. The van der Waals surface area contributed by atoms with Crippen molar-refractivity contribution in [3.63, 3.8) is 0 Å². The van der Waals surface area contributed by atoms with Gasteiger partial charge in [0.05, 0.1) is 40.5 Å². The zero-order chi connectivity index (χ0) is 26.8. The molecule has 0 bridgehead atoms. The number of carbonyl (C=O) groups is 2. The number of nitrogens with zero attached hydrogens (tertiary/aromatic N) is 2. The topological polar surface area (TPSA) is 143 Å². The number of nitrogens with two attached hydrogens (primary N) is 1. The van der Waals surface area contributed by atoms with Gasteiger partial charge in [0, 0.05) is 17.7 Å². The number of halogens is 1. The molecule has 1 amide bonds. The van der Waals surface area contributed by atoms with Crippen LogP contribution in [0.25, 0.3) is 33.4 Å². The third-order valence-corrected chi connectivity index (χ3v) is 6.09. The van der Waals surface area contributed by atoms with Gasteiger partial charge in [-0.05, 0) is 35.9 Å². The normalized spacial score (nSPS) is 10.9. The molecule has 0 saturated carbocycles. The largest absolute Gasteiger partial charge is 0.496 e. The highest BCUT2D eigenvalue weighted by Crippen LogP contribution is 2.34. The minimum atomic E-state index is -1.06. The maximum Gasteiger partial charge on any atom is 0.336 e. The lowest BCUT2D eigenvalue weighted by Gasteiger charge is -2.11. The van der Waals surface area contributed by atoms with Crippen molar-refractivity contribution >= 4 is 28.6 Å². The number of aromatic carboxylic acids is 1. The van der Waals surface area contributed by atoms with Gasteiger partial charge in [-0.15, -0.1) is 0 Å². The van der Waals surface area contributed by atoms with Crippen LogP contribution in [0, 0.1) is 5.82 Å². The summed E-state index contributed by atoms with van der Waals surface area (Å²) in [5.41, 5.74) is 9.92. The molecule has 5 aromatic rings. The maximum absolute atomic E-state index is 13.6. The fraction of sp³-hybridized carbons (Fsp3) is 0.0714. The first-order valence-electron chi connectivity index (χ1n) is 11.5. The van der Waals surface area contributed by atoms with Crippen LogP contribution in [-0.2, 0) is 6.54 Å². The Balaban J connectivity index is 1.45. The van der Waals surface area contributed by atoms with Gasteiger partial charge in [-0.3, -0.25) is 9.89 Å². The predicted molar refractivity (Wildman–Crippen MR) is 140 cm³/mol. The number of H-pyrrole nitrogens is 1.